The molecule has 0 radical (unpaired) electrons. The van der Waals surface area contributed by atoms with Crippen LogP contribution in [-0.2, 0) is 11.8 Å². The van der Waals surface area contributed by atoms with Crippen LogP contribution in [0.2, 0.25) is 5.02 Å². The highest BCUT2D eigenvalue weighted by Crippen LogP contribution is 2.38. The Bertz CT molecular complexity index is 831. The molecule has 2 aromatic rings. The van der Waals surface area contributed by atoms with Crippen LogP contribution in [0.15, 0.2) is 18.2 Å². The largest absolute Gasteiger partial charge is 0.477 e. The molecule has 0 spiro atoms. The van der Waals surface area contributed by atoms with Gasteiger partial charge in [0, 0.05) is 19.0 Å². The second-order valence-electron chi connectivity index (χ2n) is 5.10. The van der Waals surface area contributed by atoms with Crippen LogP contribution in [0.25, 0.3) is 11.3 Å². The normalized spacial score (nSPS) is 13.5. The molecule has 0 amide bonds. The highest BCUT2D eigenvalue weighted by atomic mass is 35.5. The molecule has 1 N–H and O–H groups in total. The molecule has 11 heteroatoms. The molecule has 6 nitrogen and oxygen atoms in total. The molecule has 1 aromatic carbocycles. The number of aromatic nitrogens is 2. The lowest BCUT2D eigenvalue weighted by atomic mass is 10.1. The van der Waals surface area contributed by atoms with Crippen LogP contribution in [0.5, 0.6) is 11.6 Å². The summed E-state index contributed by atoms with van der Waals surface area (Å²) in [5.74, 6) is -2.73. The highest BCUT2D eigenvalue weighted by molar-refractivity contribution is 6.34. The molecule has 0 bridgehead atoms. The van der Waals surface area contributed by atoms with E-state index < -0.39 is 29.3 Å². The van der Waals surface area contributed by atoms with Gasteiger partial charge in [-0.3, -0.25) is 0 Å². The van der Waals surface area contributed by atoms with Crippen LogP contribution < -0.4 is 9.47 Å². The zero-order valence-corrected chi connectivity index (χ0v) is 15.0. The molecule has 26 heavy (non-hydrogen) atoms. The van der Waals surface area contributed by atoms with Crippen molar-refractivity contribution in [3.8, 4) is 22.9 Å². The number of carbonyl (C=O) groups is 1. The number of benzene rings is 1. The lowest BCUT2D eigenvalue weighted by Crippen LogP contribution is -2.38. The minimum Gasteiger partial charge on any atom is -0.477 e. The maximum Gasteiger partial charge on any atom is 0.388 e. The minimum atomic E-state index is -3.15. The van der Waals surface area contributed by atoms with Gasteiger partial charge in [0.1, 0.15) is 22.3 Å². The number of aliphatic carboxylic acids is 1. The van der Waals surface area contributed by atoms with E-state index in [1.165, 1.54) is 20.0 Å². The molecule has 1 heterocycles. The van der Waals surface area contributed by atoms with Crippen LogP contribution in [-0.4, -0.2) is 32.5 Å². The molecule has 0 saturated heterocycles. The van der Waals surface area contributed by atoms with E-state index in [0.717, 1.165) is 16.8 Å². The second-order valence-corrected chi connectivity index (χ2v) is 6.09. The third kappa shape index (κ3) is 3.99. The standard InChI is InChI=1S/C15H13Cl2F3N2O4/c1-3-15(17,13(23)24)26-7-4-5-9(18)8(6-7)11-10(16)12(22(2)21-11)25-14(19)20/h4-6,14H,3H2,1-2H3,(H,23,24). The van der Waals surface area contributed by atoms with Crippen LogP contribution >= 0.6 is 23.2 Å². The van der Waals surface area contributed by atoms with Gasteiger partial charge in [-0.05, 0) is 18.2 Å². The molecule has 1 unspecified atom stereocenters. The van der Waals surface area contributed by atoms with E-state index in [1.54, 1.807) is 0 Å². The fraction of sp³-hybridized carbons (Fsp3) is 0.333. The summed E-state index contributed by atoms with van der Waals surface area (Å²) in [5, 5.41) is 10.6. The van der Waals surface area contributed by atoms with Gasteiger partial charge in [-0.1, -0.05) is 30.1 Å². The van der Waals surface area contributed by atoms with E-state index in [-0.39, 0.29) is 28.5 Å². The lowest BCUT2D eigenvalue weighted by molar-refractivity contribution is -0.148. The monoisotopic (exact) mass is 412 g/mol. The molecule has 1 aromatic heterocycles. The second kappa shape index (κ2) is 7.63. The van der Waals surface area contributed by atoms with Crippen molar-refractivity contribution < 1.29 is 32.5 Å². The third-order valence-electron chi connectivity index (χ3n) is 3.39. The molecule has 0 saturated carbocycles. The van der Waals surface area contributed by atoms with Crippen molar-refractivity contribution in [3.63, 3.8) is 0 Å². The number of halogens is 5. The molecule has 0 aliphatic heterocycles. The van der Waals surface area contributed by atoms with Crippen molar-refractivity contribution in [1.82, 2.24) is 9.78 Å². The third-order valence-corrected chi connectivity index (χ3v) is 4.23. The van der Waals surface area contributed by atoms with Crippen molar-refractivity contribution in [2.24, 2.45) is 7.05 Å². The number of carboxylic acids is 1. The number of alkyl halides is 3. The Morgan fingerprint density at radius 3 is 2.65 bits per heavy atom. The van der Waals surface area contributed by atoms with Gasteiger partial charge in [0.25, 0.3) is 5.06 Å². The zero-order valence-electron chi connectivity index (χ0n) is 13.5. The van der Waals surface area contributed by atoms with Crippen LogP contribution in [0, 0.1) is 5.82 Å². The Morgan fingerprint density at radius 1 is 1.46 bits per heavy atom. The van der Waals surface area contributed by atoms with E-state index in [0.29, 0.717) is 0 Å². The SMILES string of the molecule is CCC(Cl)(Oc1ccc(F)c(-c2nn(C)c(OC(F)F)c2Cl)c1)C(=O)O. The van der Waals surface area contributed by atoms with Crippen molar-refractivity contribution >= 4 is 29.2 Å². The van der Waals surface area contributed by atoms with Gasteiger partial charge < -0.3 is 14.6 Å². The fourth-order valence-electron chi connectivity index (χ4n) is 2.07. The van der Waals surface area contributed by atoms with Crippen LogP contribution in [0.1, 0.15) is 13.3 Å². The van der Waals surface area contributed by atoms with E-state index in [4.69, 9.17) is 33.0 Å². The van der Waals surface area contributed by atoms with E-state index >= 15 is 0 Å². The van der Waals surface area contributed by atoms with Crippen LogP contribution in [0.4, 0.5) is 13.2 Å². The Labute approximate surface area is 156 Å². The molecule has 1 atom stereocenters. The van der Waals surface area contributed by atoms with Gasteiger partial charge in [-0.15, -0.1) is 0 Å². The van der Waals surface area contributed by atoms with E-state index in [2.05, 4.69) is 9.84 Å². The first-order chi connectivity index (χ1) is 12.1. The number of nitrogens with zero attached hydrogens (tertiary/aromatic N) is 2. The number of aryl methyl sites for hydroxylation is 1. The Kier molecular flexibility index (Phi) is 5.92. The summed E-state index contributed by atoms with van der Waals surface area (Å²) in [6.45, 7) is -1.65. The summed E-state index contributed by atoms with van der Waals surface area (Å²) in [4.78, 5) is 11.2. The number of ether oxygens (including phenoxy) is 2. The average molecular weight is 413 g/mol. The van der Waals surface area contributed by atoms with Gasteiger partial charge in [0.2, 0.25) is 5.88 Å². The summed E-state index contributed by atoms with van der Waals surface area (Å²) in [5.41, 5.74) is -0.382. The summed E-state index contributed by atoms with van der Waals surface area (Å²) >= 11 is 11.9. The summed E-state index contributed by atoms with van der Waals surface area (Å²) < 4.78 is 49.5. The maximum absolute atomic E-state index is 14.2. The highest BCUT2D eigenvalue weighted by Gasteiger charge is 2.37. The molecule has 0 aliphatic carbocycles. The summed E-state index contributed by atoms with van der Waals surface area (Å²) in [7, 11) is 1.29. The molecule has 142 valence electrons. The van der Waals surface area contributed by atoms with Crippen LogP contribution in [0.3, 0.4) is 0 Å². The van der Waals surface area contributed by atoms with Gasteiger partial charge in [-0.2, -0.15) is 13.9 Å². The topological polar surface area (TPSA) is 73.6 Å². The zero-order chi connectivity index (χ0) is 19.6. The smallest absolute Gasteiger partial charge is 0.388 e. The molecule has 0 aliphatic rings. The molecular formula is C15H13Cl2F3N2O4. The van der Waals surface area contributed by atoms with E-state index in [9.17, 15) is 18.0 Å². The van der Waals surface area contributed by atoms with E-state index in [1.807, 2.05) is 0 Å². The van der Waals surface area contributed by atoms with Gasteiger partial charge in [0.05, 0.1) is 0 Å². The predicted octanol–water partition coefficient (Wildman–Crippen LogP) is 4.29. The lowest BCUT2D eigenvalue weighted by Gasteiger charge is -2.22. The van der Waals surface area contributed by atoms with Crippen molar-refractivity contribution in [2.45, 2.75) is 25.0 Å². The van der Waals surface area contributed by atoms with Crippen molar-refractivity contribution in [3.05, 3.63) is 29.0 Å². The Hall–Kier alpha value is -2.13. The summed E-state index contributed by atoms with van der Waals surface area (Å²) in [6, 6.07) is 3.27. The number of hydrogen-bond acceptors (Lipinski definition) is 4. The Morgan fingerprint density at radius 2 is 2.12 bits per heavy atom. The number of hydrogen-bond donors (Lipinski definition) is 1. The van der Waals surface area contributed by atoms with Gasteiger partial charge in [0.15, 0.2) is 0 Å². The molecular weight excluding hydrogens is 400 g/mol. The fourth-order valence-corrected chi connectivity index (χ4v) is 2.47. The average Bonchev–Trinajstić information content (AvgIpc) is 2.84. The number of rotatable bonds is 7. The Balaban J connectivity index is 2.47. The predicted molar refractivity (Wildman–Crippen MR) is 87.4 cm³/mol. The maximum atomic E-state index is 14.2. The quantitative estimate of drug-likeness (QED) is 0.686. The first-order valence-electron chi connectivity index (χ1n) is 7.17. The summed E-state index contributed by atoms with van der Waals surface area (Å²) in [6.07, 6.45) is -0.0761. The molecule has 0 fully saturated rings. The number of carboxylic acid groups (broad SMARTS) is 1. The first kappa shape index (κ1) is 20.2. The van der Waals surface area contributed by atoms with Gasteiger partial charge >= 0.3 is 12.6 Å². The minimum absolute atomic E-state index is 0.0707. The van der Waals surface area contributed by atoms with Crippen molar-refractivity contribution in [1.29, 1.82) is 0 Å². The first-order valence-corrected chi connectivity index (χ1v) is 7.93. The van der Waals surface area contributed by atoms with Crippen molar-refractivity contribution in [2.75, 3.05) is 0 Å². The van der Waals surface area contributed by atoms with Gasteiger partial charge in [-0.25, -0.2) is 13.9 Å². The molecule has 2 rings (SSSR count).